The fourth-order valence-electron chi connectivity index (χ4n) is 3.54. The van der Waals surface area contributed by atoms with Gasteiger partial charge in [0.05, 0.1) is 0 Å². The number of carbonyl (C=O) groups is 1. The van der Waals surface area contributed by atoms with Gasteiger partial charge >= 0.3 is 0 Å². The van der Waals surface area contributed by atoms with Crippen LogP contribution < -0.4 is 0 Å². The first-order valence-electron chi connectivity index (χ1n) is 8.89. The maximum absolute atomic E-state index is 12.8. The Hall–Kier alpha value is -2.70. The van der Waals surface area contributed by atoms with E-state index in [1.165, 1.54) is 0 Å². The molecule has 130 valence electrons. The summed E-state index contributed by atoms with van der Waals surface area (Å²) in [5.74, 6) is 1.13. The van der Waals surface area contributed by atoms with E-state index in [0.717, 1.165) is 49.4 Å². The van der Waals surface area contributed by atoms with E-state index < -0.39 is 0 Å². The highest BCUT2D eigenvalue weighted by Crippen LogP contribution is 2.26. The molecule has 1 amide bonds. The van der Waals surface area contributed by atoms with Gasteiger partial charge in [0.2, 0.25) is 0 Å². The van der Waals surface area contributed by atoms with Crippen LogP contribution in [0, 0.1) is 0 Å². The summed E-state index contributed by atoms with van der Waals surface area (Å²) in [5.41, 5.74) is 2.37. The van der Waals surface area contributed by atoms with Crippen molar-refractivity contribution in [3.05, 3.63) is 47.7 Å². The second-order valence-electron chi connectivity index (χ2n) is 6.61. The summed E-state index contributed by atoms with van der Waals surface area (Å²) in [7, 11) is 0. The van der Waals surface area contributed by atoms with Crippen LogP contribution in [0.2, 0.25) is 0 Å². The smallest absolute Gasteiger partial charge is 0.274 e. The molecule has 7 nitrogen and oxygen atoms in total. The molecule has 1 saturated heterocycles. The topological polar surface area (TPSA) is 79.2 Å². The zero-order valence-electron chi connectivity index (χ0n) is 14.4. The lowest BCUT2D eigenvalue weighted by molar-refractivity contribution is 0.0698. The highest BCUT2D eigenvalue weighted by Gasteiger charge is 2.29. The lowest BCUT2D eigenvalue weighted by Crippen LogP contribution is -2.39. The molecule has 1 atom stereocenters. The second-order valence-corrected chi connectivity index (χ2v) is 6.61. The average Bonchev–Trinajstić information content (AvgIpc) is 3.28. The third-order valence-electron chi connectivity index (χ3n) is 4.78. The third-order valence-corrected chi connectivity index (χ3v) is 4.78. The summed E-state index contributed by atoms with van der Waals surface area (Å²) in [6.45, 7) is 3.53. The number of nitrogens with zero attached hydrogens (tertiary/aromatic N) is 5. The number of rotatable bonds is 4. The van der Waals surface area contributed by atoms with E-state index in [1.54, 1.807) is 0 Å². The number of aromatic nitrogens is 5. The Kier molecular flexibility index (Phi) is 4.21. The zero-order chi connectivity index (χ0) is 17.2. The third kappa shape index (κ3) is 3.01. The van der Waals surface area contributed by atoms with Crippen LogP contribution in [-0.4, -0.2) is 48.7 Å². The number of aromatic amines is 1. The minimum Gasteiger partial charge on any atom is -0.337 e. The fraction of sp³-hybridized carbons (Fsp3) is 0.444. The molecule has 0 aliphatic carbocycles. The Morgan fingerprint density at radius 1 is 1.36 bits per heavy atom. The molecule has 1 N–H and O–H groups in total. The maximum Gasteiger partial charge on any atom is 0.274 e. The minimum absolute atomic E-state index is 0.00266. The van der Waals surface area contributed by atoms with Gasteiger partial charge in [-0.2, -0.15) is 5.10 Å². The van der Waals surface area contributed by atoms with Crippen LogP contribution in [0.5, 0.6) is 0 Å². The second kappa shape index (κ2) is 6.66. The molecule has 3 aromatic heterocycles. The van der Waals surface area contributed by atoms with Crippen LogP contribution in [0.4, 0.5) is 0 Å². The minimum atomic E-state index is -0.00266. The molecule has 4 heterocycles. The standard InChI is InChI=1S/C18H22N6O/c1-2-6-14-11-15(20-19-14)18(25)23-9-5-7-13(12-23)17-22-21-16-8-3-4-10-24(16)17/h3-4,8,10-11,13H,2,5-7,9,12H2,1H3,(H,19,20). The van der Waals surface area contributed by atoms with Crippen molar-refractivity contribution in [2.75, 3.05) is 13.1 Å². The Morgan fingerprint density at radius 3 is 3.16 bits per heavy atom. The number of nitrogens with one attached hydrogen (secondary N) is 1. The van der Waals surface area contributed by atoms with Gasteiger partial charge < -0.3 is 4.90 Å². The van der Waals surface area contributed by atoms with Crippen molar-refractivity contribution in [3.63, 3.8) is 0 Å². The van der Waals surface area contributed by atoms with E-state index >= 15 is 0 Å². The van der Waals surface area contributed by atoms with Crippen LogP contribution in [0.1, 0.15) is 54.1 Å². The van der Waals surface area contributed by atoms with E-state index in [0.29, 0.717) is 12.2 Å². The Balaban J connectivity index is 1.53. The summed E-state index contributed by atoms with van der Waals surface area (Å²) < 4.78 is 2.02. The molecule has 1 aliphatic rings. The van der Waals surface area contributed by atoms with E-state index in [1.807, 2.05) is 39.8 Å². The molecule has 0 saturated carbocycles. The van der Waals surface area contributed by atoms with Crippen molar-refractivity contribution in [2.45, 2.75) is 38.5 Å². The number of likely N-dealkylation sites (tertiary alicyclic amines) is 1. The molecule has 1 fully saturated rings. The normalized spacial score (nSPS) is 18.0. The SMILES string of the molecule is CCCc1cc(C(=O)N2CCCC(c3nnc4ccccn34)C2)n[nH]1. The van der Waals surface area contributed by atoms with Gasteiger partial charge in [-0.1, -0.05) is 19.4 Å². The summed E-state index contributed by atoms with van der Waals surface area (Å²) in [6.07, 6.45) is 5.90. The van der Waals surface area contributed by atoms with Crippen LogP contribution >= 0.6 is 0 Å². The van der Waals surface area contributed by atoms with Gasteiger partial charge in [-0.05, 0) is 37.5 Å². The van der Waals surface area contributed by atoms with Crippen LogP contribution in [0.25, 0.3) is 5.65 Å². The monoisotopic (exact) mass is 338 g/mol. The van der Waals surface area contributed by atoms with Crippen molar-refractivity contribution >= 4 is 11.6 Å². The predicted molar refractivity (Wildman–Crippen MR) is 93.4 cm³/mol. The fourth-order valence-corrected chi connectivity index (χ4v) is 3.54. The molecular weight excluding hydrogens is 316 g/mol. The largest absolute Gasteiger partial charge is 0.337 e. The molecule has 0 radical (unpaired) electrons. The van der Waals surface area contributed by atoms with Crippen LogP contribution in [-0.2, 0) is 6.42 Å². The molecular formula is C18H22N6O. The summed E-state index contributed by atoms with van der Waals surface area (Å²) >= 11 is 0. The lowest BCUT2D eigenvalue weighted by Gasteiger charge is -2.31. The molecule has 7 heteroatoms. The number of aryl methyl sites for hydroxylation is 1. The Labute approximate surface area is 146 Å². The van der Waals surface area contributed by atoms with Gasteiger partial charge in [-0.3, -0.25) is 14.3 Å². The van der Waals surface area contributed by atoms with Crippen molar-refractivity contribution in [1.82, 2.24) is 29.7 Å². The van der Waals surface area contributed by atoms with E-state index in [9.17, 15) is 4.79 Å². The summed E-state index contributed by atoms with van der Waals surface area (Å²) in [5, 5.41) is 15.8. The first-order chi connectivity index (χ1) is 12.3. The van der Waals surface area contributed by atoms with Gasteiger partial charge in [-0.25, -0.2) is 0 Å². The molecule has 4 rings (SSSR count). The highest BCUT2D eigenvalue weighted by atomic mass is 16.2. The highest BCUT2D eigenvalue weighted by molar-refractivity contribution is 5.92. The number of fused-ring (bicyclic) bond motifs is 1. The van der Waals surface area contributed by atoms with Gasteiger partial charge in [0, 0.05) is 30.9 Å². The van der Waals surface area contributed by atoms with Gasteiger partial charge in [0.1, 0.15) is 11.5 Å². The van der Waals surface area contributed by atoms with Crippen LogP contribution in [0.3, 0.4) is 0 Å². The number of hydrogen-bond acceptors (Lipinski definition) is 4. The number of hydrogen-bond donors (Lipinski definition) is 1. The maximum atomic E-state index is 12.8. The molecule has 0 aromatic carbocycles. The number of piperidine rings is 1. The van der Waals surface area contributed by atoms with Gasteiger partial charge in [0.25, 0.3) is 5.91 Å². The lowest BCUT2D eigenvalue weighted by atomic mass is 9.97. The van der Waals surface area contributed by atoms with E-state index in [4.69, 9.17) is 0 Å². The Bertz CT molecular complexity index is 882. The number of H-pyrrole nitrogens is 1. The van der Waals surface area contributed by atoms with Crippen molar-refractivity contribution < 1.29 is 4.79 Å². The Morgan fingerprint density at radius 2 is 2.28 bits per heavy atom. The van der Waals surface area contributed by atoms with Crippen LogP contribution in [0.15, 0.2) is 30.5 Å². The quantitative estimate of drug-likeness (QED) is 0.792. The van der Waals surface area contributed by atoms with E-state index in [2.05, 4.69) is 27.3 Å². The van der Waals surface area contributed by atoms with Crippen molar-refractivity contribution in [1.29, 1.82) is 0 Å². The molecule has 25 heavy (non-hydrogen) atoms. The van der Waals surface area contributed by atoms with E-state index in [-0.39, 0.29) is 11.8 Å². The van der Waals surface area contributed by atoms with Crippen molar-refractivity contribution in [3.8, 4) is 0 Å². The number of carbonyl (C=O) groups excluding carboxylic acids is 1. The zero-order valence-corrected chi connectivity index (χ0v) is 14.4. The average molecular weight is 338 g/mol. The predicted octanol–water partition coefficient (Wildman–Crippen LogP) is 2.42. The molecule has 0 bridgehead atoms. The summed E-state index contributed by atoms with van der Waals surface area (Å²) in [6, 6.07) is 7.75. The first kappa shape index (κ1) is 15.8. The summed E-state index contributed by atoms with van der Waals surface area (Å²) in [4.78, 5) is 14.7. The molecule has 1 aliphatic heterocycles. The molecule has 0 spiro atoms. The number of pyridine rings is 1. The number of amides is 1. The van der Waals surface area contributed by atoms with Gasteiger partial charge in [0.15, 0.2) is 5.65 Å². The van der Waals surface area contributed by atoms with Gasteiger partial charge in [-0.15, -0.1) is 10.2 Å². The molecule has 3 aromatic rings. The van der Waals surface area contributed by atoms with Crippen molar-refractivity contribution in [2.24, 2.45) is 0 Å². The first-order valence-corrected chi connectivity index (χ1v) is 8.89. The molecule has 1 unspecified atom stereocenters.